The van der Waals surface area contributed by atoms with Crippen LogP contribution in [0.3, 0.4) is 0 Å². The molecule has 0 aliphatic rings. The molecular formula is C25H16Cl2N2O3. The number of nitriles is 1. The zero-order valence-corrected chi connectivity index (χ0v) is 18.1. The van der Waals surface area contributed by atoms with E-state index in [1.165, 1.54) is 6.07 Å². The van der Waals surface area contributed by atoms with Crippen molar-refractivity contribution in [3.63, 3.8) is 0 Å². The molecule has 5 nitrogen and oxygen atoms in total. The number of nitrogens with one attached hydrogen (secondary N) is 1. The Labute approximate surface area is 194 Å². The number of hydrogen-bond donors (Lipinski definition) is 2. The van der Waals surface area contributed by atoms with Crippen LogP contribution in [0.2, 0.25) is 10.0 Å². The van der Waals surface area contributed by atoms with Gasteiger partial charge in [0.2, 0.25) is 0 Å². The highest BCUT2D eigenvalue weighted by atomic mass is 35.5. The number of phenols is 1. The zero-order valence-electron chi connectivity index (χ0n) is 16.6. The van der Waals surface area contributed by atoms with Crippen molar-refractivity contribution in [2.24, 2.45) is 0 Å². The molecule has 0 saturated carbocycles. The number of rotatable bonds is 5. The van der Waals surface area contributed by atoms with Gasteiger partial charge in [0.05, 0.1) is 5.69 Å². The van der Waals surface area contributed by atoms with E-state index < -0.39 is 5.56 Å². The van der Waals surface area contributed by atoms with Gasteiger partial charge in [-0.15, -0.1) is 0 Å². The van der Waals surface area contributed by atoms with Crippen molar-refractivity contribution in [3.05, 3.63) is 104 Å². The number of H-pyrrole nitrogens is 1. The van der Waals surface area contributed by atoms with Crippen LogP contribution in [0, 0.1) is 11.3 Å². The lowest BCUT2D eigenvalue weighted by molar-refractivity contribution is 0.304. The number of aromatic hydroxyl groups is 1. The summed E-state index contributed by atoms with van der Waals surface area (Å²) >= 11 is 12.4. The van der Waals surface area contributed by atoms with Gasteiger partial charge in [-0.05, 0) is 42.0 Å². The molecule has 4 aromatic rings. The average molecular weight is 463 g/mol. The Hall–Kier alpha value is -3.72. The van der Waals surface area contributed by atoms with Gasteiger partial charge in [-0.1, -0.05) is 53.5 Å². The van der Waals surface area contributed by atoms with E-state index >= 15 is 0 Å². The van der Waals surface area contributed by atoms with Crippen LogP contribution in [0.5, 0.6) is 11.5 Å². The van der Waals surface area contributed by atoms with Gasteiger partial charge in [0.15, 0.2) is 0 Å². The summed E-state index contributed by atoms with van der Waals surface area (Å²) in [7, 11) is 0. The molecule has 0 saturated heterocycles. The van der Waals surface area contributed by atoms with Crippen LogP contribution in [0.4, 0.5) is 0 Å². The van der Waals surface area contributed by atoms with Crippen LogP contribution in [0.1, 0.15) is 11.1 Å². The summed E-state index contributed by atoms with van der Waals surface area (Å²) in [5, 5.41) is 20.9. The van der Waals surface area contributed by atoms with Gasteiger partial charge in [-0.25, -0.2) is 0 Å². The molecule has 0 aliphatic carbocycles. The third-order valence-electron chi connectivity index (χ3n) is 4.87. The first-order chi connectivity index (χ1) is 15.5. The van der Waals surface area contributed by atoms with Crippen molar-refractivity contribution in [1.29, 1.82) is 5.26 Å². The fourth-order valence-corrected chi connectivity index (χ4v) is 3.69. The molecule has 4 rings (SSSR count). The molecule has 0 amide bonds. The molecule has 2 N–H and O–H groups in total. The maximum absolute atomic E-state index is 12.6. The second kappa shape index (κ2) is 9.19. The number of ether oxygens (including phenoxy) is 1. The van der Waals surface area contributed by atoms with E-state index in [2.05, 4.69) is 4.98 Å². The Morgan fingerprint density at radius 3 is 2.44 bits per heavy atom. The number of phenolic OH excluding ortho intramolecular Hbond substituents is 1. The van der Waals surface area contributed by atoms with Gasteiger partial charge in [0.25, 0.3) is 5.56 Å². The minimum atomic E-state index is -0.597. The minimum Gasteiger partial charge on any atom is -0.507 e. The highest BCUT2D eigenvalue weighted by Crippen LogP contribution is 2.36. The second-order valence-electron chi connectivity index (χ2n) is 6.99. The molecular weight excluding hydrogens is 447 g/mol. The molecule has 0 unspecified atom stereocenters. The summed E-state index contributed by atoms with van der Waals surface area (Å²) in [5.41, 5.74) is 1.77. The summed E-state index contributed by atoms with van der Waals surface area (Å²) in [6, 6.07) is 22.8. The average Bonchev–Trinajstić information content (AvgIpc) is 2.79. The van der Waals surface area contributed by atoms with E-state index in [0.717, 1.165) is 5.56 Å². The number of halogens is 2. The molecule has 158 valence electrons. The number of pyridine rings is 1. The van der Waals surface area contributed by atoms with Gasteiger partial charge in [0.1, 0.15) is 29.7 Å². The highest BCUT2D eigenvalue weighted by Gasteiger charge is 2.17. The standard InChI is InChI=1S/C25H16Cl2N2O3/c26-16-6-9-22(27)20(10-16)19-12-23(29-25(31)21(19)13-28)18-8-7-17(11-24(18)30)32-14-15-4-2-1-3-5-15/h1-12,30H,14H2,(H,29,31). The monoisotopic (exact) mass is 462 g/mol. The molecule has 0 fully saturated rings. The van der Waals surface area contributed by atoms with Crippen LogP contribution in [-0.2, 0) is 6.61 Å². The molecule has 0 spiro atoms. The van der Waals surface area contributed by atoms with Gasteiger partial charge in [-0.3, -0.25) is 4.79 Å². The van der Waals surface area contributed by atoms with E-state index in [0.29, 0.717) is 44.8 Å². The van der Waals surface area contributed by atoms with E-state index in [-0.39, 0.29) is 11.3 Å². The Morgan fingerprint density at radius 1 is 0.938 bits per heavy atom. The lowest BCUT2D eigenvalue weighted by Crippen LogP contribution is -2.12. The maximum atomic E-state index is 12.6. The van der Waals surface area contributed by atoms with E-state index in [9.17, 15) is 15.2 Å². The van der Waals surface area contributed by atoms with Crippen molar-refractivity contribution in [2.75, 3.05) is 0 Å². The van der Waals surface area contributed by atoms with Crippen LogP contribution in [-0.4, -0.2) is 10.1 Å². The van der Waals surface area contributed by atoms with Gasteiger partial charge in [-0.2, -0.15) is 5.26 Å². The van der Waals surface area contributed by atoms with Crippen molar-refractivity contribution in [2.45, 2.75) is 6.61 Å². The third-order valence-corrected chi connectivity index (χ3v) is 5.44. The topological polar surface area (TPSA) is 86.1 Å². The molecule has 0 bridgehead atoms. The summed E-state index contributed by atoms with van der Waals surface area (Å²) in [6.07, 6.45) is 0. The SMILES string of the molecule is N#Cc1c(-c2cc(Cl)ccc2Cl)cc(-c2ccc(OCc3ccccc3)cc2O)[nH]c1=O. The Bertz CT molecular complexity index is 1390. The van der Waals surface area contributed by atoms with E-state index in [1.54, 1.807) is 36.4 Å². The van der Waals surface area contributed by atoms with Crippen LogP contribution in [0.25, 0.3) is 22.4 Å². The number of nitrogens with zero attached hydrogens (tertiary/aromatic N) is 1. The summed E-state index contributed by atoms with van der Waals surface area (Å²) in [6.45, 7) is 0.352. The normalized spacial score (nSPS) is 10.5. The molecule has 1 heterocycles. The van der Waals surface area contributed by atoms with Crippen molar-refractivity contribution in [1.82, 2.24) is 4.98 Å². The molecule has 7 heteroatoms. The number of benzene rings is 3. The zero-order chi connectivity index (χ0) is 22.7. The van der Waals surface area contributed by atoms with Gasteiger partial charge < -0.3 is 14.8 Å². The molecule has 3 aromatic carbocycles. The first kappa shape index (κ1) is 21.5. The van der Waals surface area contributed by atoms with Gasteiger partial charge in [0, 0.05) is 32.8 Å². The summed E-state index contributed by atoms with van der Waals surface area (Å²) < 4.78 is 5.74. The minimum absolute atomic E-state index is 0.0842. The first-order valence-electron chi connectivity index (χ1n) is 9.59. The molecule has 1 aromatic heterocycles. The molecule has 0 radical (unpaired) electrons. The van der Waals surface area contributed by atoms with Gasteiger partial charge >= 0.3 is 0 Å². The second-order valence-corrected chi connectivity index (χ2v) is 7.83. The quantitative estimate of drug-likeness (QED) is 0.371. The largest absolute Gasteiger partial charge is 0.507 e. The lowest BCUT2D eigenvalue weighted by atomic mass is 9.98. The third kappa shape index (κ3) is 4.47. The molecule has 0 aliphatic heterocycles. The van der Waals surface area contributed by atoms with Crippen LogP contribution < -0.4 is 10.3 Å². The number of aromatic nitrogens is 1. The first-order valence-corrected chi connectivity index (χ1v) is 10.3. The Morgan fingerprint density at radius 2 is 1.72 bits per heavy atom. The number of aromatic amines is 1. The van der Waals surface area contributed by atoms with Crippen LogP contribution >= 0.6 is 23.2 Å². The predicted molar refractivity (Wildman–Crippen MR) is 125 cm³/mol. The highest BCUT2D eigenvalue weighted by molar-refractivity contribution is 6.35. The smallest absolute Gasteiger partial charge is 0.266 e. The molecule has 0 atom stereocenters. The van der Waals surface area contributed by atoms with E-state index in [1.807, 2.05) is 36.4 Å². The lowest BCUT2D eigenvalue weighted by Gasteiger charge is -2.12. The summed E-state index contributed by atoms with van der Waals surface area (Å²) in [5.74, 6) is 0.392. The number of hydrogen-bond acceptors (Lipinski definition) is 4. The van der Waals surface area contributed by atoms with Crippen LogP contribution in [0.15, 0.2) is 77.6 Å². The predicted octanol–water partition coefficient (Wildman–Crippen LogP) is 6.17. The van der Waals surface area contributed by atoms with Crippen molar-refractivity contribution < 1.29 is 9.84 Å². The summed E-state index contributed by atoms with van der Waals surface area (Å²) in [4.78, 5) is 15.3. The fourth-order valence-electron chi connectivity index (χ4n) is 3.30. The van der Waals surface area contributed by atoms with Crippen molar-refractivity contribution >= 4 is 23.2 Å². The Kier molecular flexibility index (Phi) is 6.18. The fraction of sp³-hybridized carbons (Fsp3) is 0.0400. The molecule has 32 heavy (non-hydrogen) atoms. The maximum Gasteiger partial charge on any atom is 0.266 e. The van der Waals surface area contributed by atoms with E-state index in [4.69, 9.17) is 27.9 Å². The Balaban J connectivity index is 1.72. The van der Waals surface area contributed by atoms with Crippen molar-refractivity contribution in [3.8, 4) is 40.0 Å².